The Morgan fingerprint density at radius 1 is 1.11 bits per heavy atom. The fraction of sp³-hybridized carbons (Fsp3) is 0.400. The Hall–Kier alpha value is -1.48. The van der Waals surface area contributed by atoms with Crippen molar-refractivity contribution in [1.82, 2.24) is 9.55 Å². The van der Waals surface area contributed by atoms with Crippen LogP contribution in [0.3, 0.4) is 0 Å². The normalized spacial score (nSPS) is 16.7. The Morgan fingerprint density at radius 3 is 2.47 bits per heavy atom. The van der Waals surface area contributed by atoms with Crippen molar-refractivity contribution >= 4 is 17.5 Å². The van der Waals surface area contributed by atoms with Crippen LogP contribution in [-0.2, 0) is 0 Å². The van der Waals surface area contributed by atoms with E-state index in [9.17, 15) is 0 Å². The minimum Gasteiger partial charge on any atom is -0.369 e. The summed E-state index contributed by atoms with van der Waals surface area (Å²) in [5.41, 5.74) is 8.29. The van der Waals surface area contributed by atoms with Crippen molar-refractivity contribution in [3.63, 3.8) is 0 Å². The maximum absolute atomic E-state index is 6.07. The first-order chi connectivity index (χ1) is 9.25. The second-order valence-corrected chi connectivity index (χ2v) is 5.61. The van der Waals surface area contributed by atoms with Gasteiger partial charge in [-0.3, -0.25) is 0 Å². The molecule has 0 aliphatic heterocycles. The van der Waals surface area contributed by atoms with E-state index in [4.69, 9.17) is 17.3 Å². The predicted octanol–water partition coefficient (Wildman–Crippen LogP) is 4.29. The average molecular weight is 276 g/mol. The Morgan fingerprint density at radius 2 is 1.79 bits per heavy atom. The molecule has 0 unspecified atom stereocenters. The van der Waals surface area contributed by atoms with E-state index >= 15 is 0 Å². The number of nitrogen functional groups attached to an aromatic ring is 1. The molecule has 0 amide bonds. The zero-order valence-corrected chi connectivity index (χ0v) is 11.6. The van der Waals surface area contributed by atoms with Gasteiger partial charge in [-0.05, 0) is 30.5 Å². The number of hydrogen-bond donors (Lipinski definition) is 1. The Balaban J connectivity index is 1.99. The van der Waals surface area contributed by atoms with E-state index in [1.165, 1.54) is 32.1 Å². The zero-order chi connectivity index (χ0) is 13.2. The lowest BCUT2D eigenvalue weighted by molar-refractivity contribution is 0.359. The van der Waals surface area contributed by atoms with E-state index in [-0.39, 0.29) is 0 Å². The molecule has 1 fully saturated rings. The summed E-state index contributed by atoms with van der Waals surface area (Å²) < 4.78 is 2.20. The molecule has 3 nitrogen and oxygen atoms in total. The van der Waals surface area contributed by atoms with Crippen molar-refractivity contribution in [2.75, 3.05) is 5.73 Å². The van der Waals surface area contributed by atoms with Crippen LogP contribution in [0.25, 0.3) is 11.3 Å². The molecule has 2 N–H and O–H groups in total. The third-order valence-electron chi connectivity index (χ3n) is 3.91. The Labute approximate surface area is 118 Å². The molecule has 2 aromatic rings. The van der Waals surface area contributed by atoms with Gasteiger partial charge in [0, 0.05) is 11.1 Å². The van der Waals surface area contributed by atoms with Gasteiger partial charge in [0.25, 0.3) is 0 Å². The summed E-state index contributed by atoms with van der Waals surface area (Å²) in [6.45, 7) is 0. The highest BCUT2D eigenvalue weighted by atomic mass is 35.5. The number of hydrogen-bond acceptors (Lipinski definition) is 2. The lowest BCUT2D eigenvalue weighted by atomic mass is 9.95. The van der Waals surface area contributed by atoms with Crippen LogP contribution in [-0.4, -0.2) is 9.55 Å². The molecule has 100 valence electrons. The Kier molecular flexibility index (Phi) is 3.47. The molecule has 1 saturated carbocycles. The summed E-state index contributed by atoms with van der Waals surface area (Å²) in [6.07, 6.45) is 8.15. The van der Waals surface area contributed by atoms with Crippen molar-refractivity contribution in [2.24, 2.45) is 0 Å². The maximum Gasteiger partial charge on any atom is 0.200 e. The second-order valence-electron chi connectivity index (χ2n) is 5.17. The first kappa shape index (κ1) is 12.5. The van der Waals surface area contributed by atoms with Gasteiger partial charge < -0.3 is 10.3 Å². The van der Waals surface area contributed by atoms with E-state index in [0.717, 1.165) is 16.3 Å². The fourth-order valence-electron chi connectivity index (χ4n) is 2.93. The highest BCUT2D eigenvalue weighted by molar-refractivity contribution is 6.30. The maximum atomic E-state index is 6.07. The molecule has 1 heterocycles. The van der Waals surface area contributed by atoms with Crippen LogP contribution in [0.2, 0.25) is 5.02 Å². The molecule has 0 atom stereocenters. The van der Waals surface area contributed by atoms with E-state index < -0.39 is 0 Å². The van der Waals surface area contributed by atoms with Crippen LogP contribution in [0.5, 0.6) is 0 Å². The van der Waals surface area contributed by atoms with Gasteiger partial charge in [-0.25, -0.2) is 4.98 Å². The summed E-state index contributed by atoms with van der Waals surface area (Å²) in [7, 11) is 0. The number of imidazole rings is 1. The first-order valence-corrected chi connectivity index (χ1v) is 7.22. The standard InChI is InChI=1S/C15H18ClN3/c16-12-8-6-11(7-9-12)14-10-18-15(17)19(14)13-4-2-1-3-5-13/h6-10,13H,1-5H2,(H2,17,18). The number of rotatable bonds is 2. The third kappa shape index (κ3) is 2.47. The van der Waals surface area contributed by atoms with Crippen LogP contribution in [0.4, 0.5) is 5.95 Å². The quantitative estimate of drug-likeness (QED) is 0.888. The molecule has 1 aromatic heterocycles. The van der Waals surface area contributed by atoms with Crippen molar-refractivity contribution in [1.29, 1.82) is 0 Å². The zero-order valence-electron chi connectivity index (χ0n) is 10.8. The molecule has 1 aliphatic carbocycles. The van der Waals surface area contributed by atoms with Crippen molar-refractivity contribution < 1.29 is 0 Å². The number of nitrogens with zero attached hydrogens (tertiary/aromatic N) is 2. The summed E-state index contributed by atoms with van der Waals surface area (Å²) in [5, 5.41) is 0.750. The monoisotopic (exact) mass is 275 g/mol. The molecular formula is C15H18ClN3. The lowest BCUT2D eigenvalue weighted by Crippen LogP contribution is -2.16. The summed E-state index contributed by atoms with van der Waals surface area (Å²) in [4.78, 5) is 4.30. The predicted molar refractivity (Wildman–Crippen MR) is 79.2 cm³/mol. The highest BCUT2D eigenvalue weighted by Crippen LogP contribution is 2.34. The number of halogens is 1. The van der Waals surface area contributed by atoms with Crippen molar-refractivity contribution in [3.05, 3.63) is 35.5 Å². The summed E-state index contributed by atoms with van der Waals surface area (Å²) in [6, 6.07) is 8.36. The third-order valence-corrected chi connectivity index (χ3v) is 4.16. The second kappa shape index (κ2) is 5.25. The van der Waals surface area contributed by atoms with Gasteiger partial charge in [0.2, 0.25) is 5.95 Å². The minimum absolute atomic E-state index is 0.488. The van der Waals surface area contributed by atoms with E-state index in [2.05, 4.69) is 9.55 Å². The number of nitrogens with two attached hydrogens (primary N) is 1. The smallest absolute Gasteiger partial charge is 0.200 e. The molecule has 0 spiro atoms. The van der Waals surface area contributed by atoms with Crippen molar-refractivity contribution in [3.8, 4) is 11.3 Å². The molecule has 1 aromatic carbocycles. The molecule has 19 heavy (non-hydrogen) atoms. The molecular weight excluding hydrogens is 258 g/mol. The largest absolute Gasteiger partial charge is 0.369 e. The number of aromatic nitrogens is 2. The molecule has 0 saturated heterocycles. The van der Waals surface area contributed by atoms with Gasteiger partial charge in [-0.1, -0.05) is 43.0 Å². The summed E-state index contributed by atoms with van der Waals surface area (Å²) in [5.74, 6) is 0.622. The molecule has 4 heteroatoms. The van der Waals surface area contributed by atoms with Gasteiger partial charge in [-0.2, -0.15) is 0 Å². The average Bonchev–Trinajstić information content (AvgIpc) is 2.82. The number of benzene rings is 1. The van der Waals surface area contributed by atoms with E-state index in [1.54, 1.807) is 0 Å². The van der Waals surface area contributed by atoms with Gasteiger partial charge in [0.1, 0.15) is 0 Å². The van der Waals surface area contributed by atoms with Gasteiger partial charge in [0.15, 0.2) is 0 Å². The molecule has 1 aliphatic rings. The van der Waals surface area contributed by atoms with Crippen LogP contribution in [0, 0.1) is 0 Å². The lowest BCUT2D eigenvalue weighted by Gasteiger charge is -2.25. The molecule has 3 rings (SSSR count). The van der Waals surface area contributed by atoms with Gasteiger partial charge in [0.05, 0.1) is 11.9 Å². The fourth-order valence-corrected chi connectivity index (χ4v) is 3.06. The van der Waals surface area contributed by atoms with Crippen LogP contribution < -0.4 is 5.73 Å². The molecule has 0 bridgehead atoms. The topological polar surface area (TPSA) is 43.8 Å². The van der Waals surface area contributed by atoms with Crippen LogP contribution in [0.15, 0.2) is 30.5 Å². The Bertz CT molecular complexity index is 553. The van der Waals surface area contributed by atoms with Gasteiger partial charge >= 0.3 is 0 Å². The summed E-state index contributed by atoms with van der Waals surface area (Å²) >= 11 is 5.95. The van der Waals surface area contributed by atoms with Crippen molar-refractivity contribution in [2.45, 2.75) is 38.1 Å². The minimum atomic E-state index is 0.488. The van der Waals surface area contributed by atoms with E-state index in [1.807, 2.05) is 30.5 Å². The molecule has 0 radical (unpaired) electrons. The SMILES string of the molecule is Nc1ncc(-c2ccc(Cl)cc2)n1C1CCCCC1. The van der Waals surface area contributed by atoms with E-state index in [0.29, 0.717) is 12.0 Å². The number of anilines is 1. The van der Waals surface area contributed by atoms with Crippen LogP contribution in [0.1, 0.15) is 38.1 Å². The van der Waals surface area contributed by atoms with Crippen LogP contribution >= 0.6 is 11.6 Å². The van der Waals surface area contributed by atoms with Gasteiger partial charge in [-0.15, -0.1) is 0 Å². The highest BCUT2D eigenvalue weighted by Gasteiger charge is 2.20. The first-order valence-electron chi connectivity index (χ1n) is 6.84.